The van der Waals surface area contributed by atoms with Crippen LogP contribution in [0.5, 0.6) is 0 Å². The predicted octanol–water partition coefficient (Wildman–Crippen LogP) is 3.76. The molecule has 0 radical (unpaired) electrons. The summed E-state index contributed by atoms with van der Waals surface area (Å²) < 4.78 is 5.75. The van der Waals surface area contributed by atoms with E-state index in [2.05, 4.69) is 0 Å². The summed E-state index contributed by atoms with van der Waals surface area (Å²) in [6.07, 6.45) is 7.12. The first-order valence-electron chi connectivity index (χ1n) is 13.6. The van der Waals surface area contributed by atoms with E-state index in [4.69, 9.17) is 4.74 Å². The number of esters is 1. The second kappa shape index (κ2) is 13.9. The summed E-state index contributed by atoms with van der Waals surface area (Å²) >= 11 is 0. The molecule has 202 valence electrons. The number of rotatable bonds is 8. The third-order valence-electron chi connectivity index (χ3n) is 7.45. The first kappa shape index (κ1) is 27.6. The van der Waals surface area contributed by atoms with E-state index < -0.39 is 5.92 Å². The molecule has 1 fully saturated rings. The molecule has 38 heavy (non-hydrogen) atoms. The van der Waals surface area contributed by atoms with Gasteiger partial charge in [-0.15, -0.1) is 0 Å². The second-order valence-electron chi connectivity index (χ2n) is 10.2. The third kappa shape index (κ3) is 7.54. The molecule has 1 N–H and O–H groups in total. The lowest BCUT2D eigenvalue weighted by Crippen LogP contribution is -2.44. The Balaban J connectivity index is 1.50. The van der Waals surface area contributed by atoms with Crippen LogP contribution in [0.3, 0.4) is 0 Å². The SMILES string of the molecule is O=C1OC[C@@H]2CCCN2C(=O)[C@@H](CC(=O)N(CCO)Cc2ccccc2)CC=CC[C@H]1Cc1ccccc1. The van der Waals surface area contributed by atoms with Crippen LogP contribution in [0, 0.1) is 11.8 Å². The summed E-state index contributed by atoms with van der Waals surface area (Å²) in [5.74, 6) is -1.24. The number of allylic oxidation sites excluding steroid dienone is 2. The van der Waals surface area contributed by atoms with Crippen molar-refractivity contribution in [1.29, 1.82) is 0 Å². The van der Waals surface area contributed by atoms with Gasteiger partial charge in [-0.25, -0.2) is 0 Å². The van der Waals surface area contributed by atoms with Gasteiger partial charge in [-0.05, 0) is 43.2 Å². The lowest BCUT2D eigenvalue weighted by atomic mass is 9.94. The maximum absolute atomic E-state index is 13.6. The Bertz CT molecular complexity index is 1090. The molecule has 0 aromatic heterocycles. The number of amides is 2. The zero-order valence-corrected chi connectivity index (χ0v) is 21.9. The van der Waals surface area contributed by atoms with Gasteiger partial charge in [-0.2, -0.15) is 0 Å². The van der Waals surface area contributed by atoms with Crippen molar-refractivity contribution in [2.45, 2.75) is 51.1 Å². The van der Waals surface area contributed by atoms with Gasteiger partial charge < -0.3 is 19.6 Å². The molecule has 2 aromatic rings. The van der Waals surface area contributed by atoms with Crippen molar-refractivity contribution < 1.29 is 24.2 Å². The van der Waals surface area contributed by atoms with Crippen molar-refractivity contribution in [3.05, 3.63) is 83.9 Å². The van der Waals surface area contributed by atoms with Crippen LogP contribution < -0.4 is 0 Å². The van der Waals surface area contributed by atoms with E-state index >= 15 is 0 Å². The summed E-state index contributed by atoms with van der Waals surface area (Å²) in [6, 6.07) is 19.4. The highest BCUT2D eigenvalue weighted by Crippen LogP contribution is 2.26. The van der Waals surface area contributed by atoms with Crippen molar-refractivity contribution in [3.63, 3.8) is 0 Å². The fourth-order valence-corrected chi connectivity index (χ4v) is 5.34. The van der Waals surface area contributed by atoms with Crippen LogP contribution >= 0.6 is 0 Å². The van der Waals surface area contributed by atoms with E-state index in [1.54, 1.807) is 9.80 Å². The molecule has 2 aliphatic heterocycles. The molecule has 7 heteroatoms. The molecular weight excluding hydrogens is 480 g/mol. The van der Waals surface area contributed by atoms with Crippen LogP contribution in [0.2, 0.25) is 0 Å². The van der Waals surface area contributed by atoms with E-state index in [0.717, 1.165) is 24.0 Å². The van der Waals surface area contributed by atoms with Crippen molar-refractivity contribution in [3.8, 4) is 0 Å². The lowest BCUT2D eigenvalue weighted by molar-refractivity contribution is -0.152. The minimum Gasteiger partial charge on any atom is -0.463 e. The van der Waals surface area contributed by atoms with Crippen LogP contribution in [-0.2, 0) is 32.1 Å². The maximum atomic E-state index is 13.6. The zero-order chi connectivity index (χ0) is 26.7. The topological polar surface area (TPSA) is 87.2 Å². The number of aliphatic hydroxyl groups is 1. The lowest BCUT2D eigenvalue weighted by Gasteiger charge is -2.30. The average Bonchev–Trinajstić information content (AvgIpc) is 3.41. The number of hydrogen-bond donors (Lipinski definition) is 1. The first-order valence-corrected chi connectivity index (χ1v) is 13.6. The molecule has 2 amide bonds. The highest BCUT2D eigenvalue weighted by atomic mass is 16.5. The van der Waals surface area contributed by atoms with E-state index in [-0.39, 0.29) is 55.9 Å². The van der Waals surface area contributed by atoms with Gasteiger partial charge in [-0.1, -0.05) is 72.8 Å². The van der Waals surface area contributed by atoms with Crippen molar-refractivity contribution in [2.24, 2.45) is 11.8 Å². The smallest absolute Gasteiger partial charge is 0.309 e. The number of carbonyl (C=O) groups is 3. The summed E-state index contributed by atoms with van der Waals surface area (Å²) in [6.45, 7) is 1.26. The predicted molar refractivity (Wildman–Crippen MR) is 145 cm³/mol. The minimum atomic E-state index is -0.501. The van der Waals surface area contributed by atoms with Crippen LogP contribution in [0.25, 0.3) is 0 Å². The number of nitrogens with zero attached hydrogens (tertiary/aromatic N) is 2. The van der Waals surface area contributed by atoms with Crippen molar-refractivity contribution in [2.75, 3.05) is 26.3 Å². The Morgan fingerprint density at radius 1 is 0.947 bits per heavy atom. The normalized spacial score (nSPS) is 22.2. The van der Waals surface area contributed by atoms with Gasteiger partial charge >= 0.3 is 5.97 Å². The fraction of sp³-hybridized carbons (Fsp3) is 0.452. The third-order valence-corrected chi connectivity index (χ3v) is 7.45. The molecule has 2 heterocycles. The Morgan fingerprint density at radius 2 is 1.61 bits per heavy atom. The highest BCUT2D eigenvalue weighted by molar-refractivity contribution is 5.86. The molecule has 0 spiro atoms. The quantitative estimate of drug-likeness (QED) is 0.425. The Morgan fingerprint density at radius 3 is 2.29 bits per heavy atom. The van der Waals surface area contributed by atoms with E-state index in [1.165, 1.54) is 0 Å². The molecule has 0 saturated carbocycles. The van der Waals surface area contributed by atoms with Gasteiger partial charge in [0.15, 0.2) is 0 Å². The Hall–Kier alpha value is -3.45. The summed E-state index contributed by atoms with van der Waals surface area (Å²) in [4.78, 5) is 43.4. The van der Waals surface area contributed by atoms with Crippen LogP contribution in [0.4, 0.5) is 0 Å². The number of ether oxygens (including phenoxy) is 1. The second-order valence-corrected chi connectivity index (χ2v) is 10.2. The molecule has 2 aliphatic rings. The van der Waals surface area contributed by atoms with Gasteiger partial charge in [0.1, 0.15) is 6.61 Å². The Labute approximate surface area is 225 Å². The fourth-order valence-electron chi connectivity index (χ4n) is 5.34. The van der Waals surface area contributed by atoms with Crippen LogP contribution in [0.1, 0.15) is 43.2 Å². The number of aliphatic hydroxyl groups excluding tert-OH is 1. The van der Waals surface area contributed by atoms with Gasteiger partial charge in [0.05, 0.1) is 24.5 Å². The monoisotopic (exact) mass is 518 g/mol. The molecule has 7 nitrogen and oxygen atoms in total. The standard InChI is InChI=1S/C31H38N2O5/c34-19-18-32(22-25-12-5-2-6-13-25)29(35)21-26-14-7-8-15-27(20-24-10-3-1-4-11-24)31(37)38-23-28-16-9-17-33(28)30(26)36/h1-8,10-13,26-28,34H,9,14-23H2/t26-,27+,28+/m1/s1. The molecule has 0 bridgehead atoms. The van der Waals surface area contributed by atoms with Crippen LogP contribution in [-0.4, -0.2) is 65.0 Å². The van der Waals surface area contributed by atoms with Gasteiger partial charge in [0.25, 0.3) is 0 Å². The molecule has 0 aliphatic carbocycles. The molecular formula is C31H38N2O5. The van der Waals surface area contributed by atoms with E-state index in [0.29, 0.717) is 32.4 Å². The summed E-state index contributed by atoms with van der Waals surface area (Å²) in [5.41, 5.74) is 2.06. The first-order chi connectivity index (χ1) is 18.5. The molecule has 1 saturated heterocycles. The van der Waals surface area contributed by atoms with Crippen molar-refractivity contribution in [1.82, 2.24) is 9.80 Å². The van der Waals surface area contributed by atoms with Gasteiger partial charge in [0.2, 0.25) is 11.8 Å². The molecule has 0 unspecified atom stereocenters. The number of carbonyl (C=O) groups excluding carboxylic acids is 3. The van der Waals surface area contributed by atoms with Gasteiger partial charge in [-0.3, -0.25) is 14.4 Å². The number of fused-ring (bicyclic) bond motifs is 1. The van der Waals surface area contributed by atoms with Gasteiger partial charge in [0, 0.05) is 26.1 Å². The minimum absolute atomic E-state index is 0.0633. The van der Waals surface area contributed by atoms with Crippen molar-refractivity contribution >= 4 is 17.8 Å². The average molecular weight is 519 g/mol. The highest BCUT2D eigenvalue weighted by Gasteiger charge is 2.35. The summed E-state index contributed by atoms with van der Waals surface area (Å²) in [5, 5.41) is 9.58. The van der Waals surface area contributed by atoms with E-state index in [1.807, 2.05) is 72.8 Å². The zero-order valence-electron chi connectivity index (χ0n) is 21.9. The van der Waals surface area contributed by atoms with E-state index in [9.17, 15) is 19.5 Å². The maximum Gasteiger partial charge on any atom is 0.309 e. The number of benzene rings is 2. The molecule has 3 atom stereocenters. The number of cyclic esters (lactones) is 1. The molecule has 4 rings (SSSR count). The van der Waals surface area contributed by atoms with Crippen LogP contribution in [0.15, 0.2) is 72.8 Å². The Kier molecular flexibility index (Phi) is 10.1. The largest absolute Gasteiger partial charge is 0.463 e. The molecule has 2 aromatic carbocycles. The summed E-state index contributed by atoms with van der Waals surface area (Å²) in [7, 11) is 0. The number of hydrogen-bond acceptors (Lipinski definition) is 5.